The Morgan fingerprint density at radius 1 is 0.548 bits per heavy atom. The Hall–Kier alpha value is -4.91. The van der Waals surface area contributed by atoms with Crippen molar-refractivity contribution in [1.82, 2.24) is 0 Å². The van der Waals surface area contributed by atoms with E-state index >= 15 is 0 Å². The SMILES string of the molecule is C=C(Cc1ccc(OC)c(-c2cc(CC(=O)OCc3ccc(OC)cc3)ccc2OC)c1)OCc1ccc(OC)cc1. The first-order valence-electron chi connectivity index (χ1n) is 13.5. The predicted molar refractivity (Wildman–Crippen MR) is 162 cm³/mol. The van der Waals surface area contributed by atoms with E-state index in [4.69, 9.17) is 28.4 Å². The quantitative estimate of drug-likeness (QED) is 0.120. The van der Waals surface area contributed by atoms with Crippen LogP contribution in [-0.2, 0) is 40.3 Å². The molecule has 218 valence electrons. The molecule has 0 saturated carbocycles. The third-order valence-corrected chi connectivity index (χ3v) is 6.73. The summed E-state index contributed by atoms with van der Waals surface area (Å²) < 4.78 is 33.2. The maximum absolute atomic E-state index is 12.7. The topological polar surface area (TPSA) is 72.5 Å². The molecule has 4 rings (SSSR count). The molecular weight excluding hydrogens is 532 g/mol. The van der Waals surface area contributed by atoms with Crippen LogP contribution in [0.2, 0.25) is 0 Å². The van der Waals surface area contributed by atoms with Crippen molar-refractivity contribution >= 4 is 5.97 Å². The Kier molecular flexibility index (Phi) is 10.5. The van der Waals surface area contributed by atoms with Crippen molar-refractivity contribution in [3.8, 4) is 34.1 Å². The van der Waals surface area contributed by atoms with Crippen LogP contribution in [-0.4, -0.2) is 34.4 Å². The maximum atomic E-state index is 12.7. The second-order valence-corrected chi connectivity index (χ2v) is 9.61. The van der Waals surface area contributed by atoms with E-state index in [0.29, 0.717) is 30.3 Å². The smallest absolute Gasteiger partial charge is 0.310 e. The average molecular weight is 569 g/mol. The van der Waals surface area contributed by atoms with Gasteiger partial charge in [-0.2, -0.15) is 0 Å². The molecule has 0 radical (unpaired) electrons. The minimum atomic E-state index is -0.326. The molecule has 7 nitrogen and oxygen atoms in total. The molecule has 0 aliphatic carbocycles. The lowest BCUT2D eigenvalue weighted by Gasteiger charge is -2.16. The molecule has 0 aliphatic heterocycles. The zero-order valence-corrected chi connectivity index (χ0v) is 24.5. The van der Waals surface area contributed by atoms with Gasteiger partial charge in [-0.15, -0.1) is 0 Å². The van der Waals surface area contributed by atoms with Crippen LogP contribution in [0.4, 0.5) is 0 Å². The Morgan fingerprint density at radius 2 is 0.976 bits per heavy atom. The van der Waals surface area contributed by atoms with E-state index in [1.165, 1.54) is 0 Å². The molecule has 7 heteroatoms. The third kappa shape index (κ3) is 8.07. The van der Waals surface area contributed by atoms with Crippen LogP contribution in [0.25, 0.3) is 11.1 Å². The van der Waals surface area contributed by atoms with Gasteiger partial charge < -0.3 is 28.4 Å². The standard InChI is InChI=1S/C35H36O7/c1-24(41-22-25-6-12-29(37-2)13-7-25)18-27-10-16-33(39-4)31(19-27)32-20-28(11-17-34(32)40-5)21-35(36)42-23-26-8-14-30(38-3)15-9-26/h6-17,19-20H,1,18,21-23H2,2-5H3. The van der Waals surface area contributed by atoms with Crippen LogP contribution in [0.5, 0.6) is 23.0 Å². The van der Waals surface area contributed by atoms with Gasteiger partial charge in [-0.05, 0) is 70.8 Å². The summed E-state index contributed by atoms with van der Waals surface area (Å²) in [6.45, 7) is 4.71. The van der Waals surface area contributed by atoms with Gasteiger partial charge in [-0.1, -0.05) is 43.0 Å². The summed E-state index contributed by atoms with van der Waals surface area (Å²) in [6.07, 6.45) is 0.637. The highest BCUT2D eigenvalue weighted by Crippen LogP contribution is 2.38. The fourth-order valence-electron chi connectivity index (χ4n) is 4.44. The van der Waals surface area contributed by atoms with Crippen molar-refractivity contribution in [2.45, 2.75) is 26.1 Å². The van der Waals surface area contributed by atoms with Crippen molar-refractivity contribution in [3.63, 3.8) is 0 Å². The number of methoxy groups -OCH3 is 4. The predicted octanol–water partition coefficient (Wildman–Crippen LogP) is 6.95. The molecule has 0 amide bonds. The summed E-state index contributed by atoms with van der Waals surface area (Å²) in [5.41, 5.74) is 5.35. The van der Waals surface area contributed by atoms with Gasteiger partial charge in [0, 0.05) is 17.5 Å². The largest absolute Gasteiger partial charge is 0.497 e. The Morgan fingerprint density at radius 3 is 1.43 bits per heavy atom. The lowest BCUT2D eigenvalue weighted by atomic mass is 9.97. The second kappa shape index (κ2) is 14.6. The van der Waals surface area contributed by atoms with Crippen molar-refractivity contribution in [2.24, 2.45) is 0 Å². The molecule has 0 aliphatic rings. The molecule has 0 aromatic heterocycles. The van der Waals surface area contributed by atoms with Crippen molar-refractivity contribution in [2.75, 3.05) is 28.4 Å². The number of carbonyl (C=O) groups is 1. The van der Waals surface area contributed by atoms with Crippen LogP contribution in [0, 0.1) is 0 Å². The first-order chi connectivity index (χ1) is 20.4. The van der Waals surface area contributed by atoms with Gasteiger partial charge >= 0.3 is 5.97 Å². The van der Waals surface area contributed by atoms with Gasteiger partial charge in [0.15, 0.2) is 0 Å². The van der Waals surface area contributed by atoms with E-state index in [-0.39, 0.29) is 19.0 Å². The average Bonchev–Trinajstić information content (AvgIpc) is 3.03. The number of esters is 1. The van der Waals surface area contributed by atoms with Gasteiger partial charge in [0.25, 0.3) is 0 Å². The summed E-state index contributed by atoms with van der Waals surface area (Å²) in [7, 11) is 6.50. The van der Waals surface area contributed by atoms with Gasteiger partial charge in [0.2, 0.25) is 0 Å². The number of ether oxygens (including phenoxy) is 6. The second-order valence-electron chi connectivity index (χ2n) is 9.61. The molecule has 0 N–H and O–H groups in total. The molecule has 0 fully saturated rings. The Labute approximate surface area is 247 Å². The van der Waals surface area contributed by atoms with Crippen molar-refractivity contribution in [3.05, 3.63) is 120 Å². The van der Waals surface area contributed by atoms with Crippen LogP contribution in [0.3, 0.4) is 0 Å². The molecule has 0 spiro atoms. The van der Waals surface area contributed by atoms with E-state index in [0.717, 1.165) is 44.9 Å². The first-order valence-corrected chi connectivity index (χ1v) is 13.5. The van der Waals surface area contributed by atoms with Gasteiger partial charge in [0.05, 0.1) is 40.6 Å². The summed E-state index contributed by atoms with van der Waals surface area (Å²) in [4.78, 5) is 12.7. The molecule has 4 aromatic rings. The Bertz CT molecular complexity index is 1380. The maximum Gasteiger partial charge on any atom is 0.310 e. The number of carbonyl (C=O) groups excluding carboxylic acids is 1. The molecule has 0 atom stereocenters. The van der Waals surface area contributed by atoms with E-state index in [1.807, 2.05) is 84.9 Å². The molecule has 42 heavy (non-hydrogen) atoms. The van der Waals surface area contributed by atoms with Gasteiger partial charge in [-0.25, -0.2) is 0 Å². The monoisotopic (exact) mass is 568 g/mol. The molecule has 0 saturated heterocycles. The zero-order chi connectivity index (χ0) is 29.9. The van der Waals surface area contributed by atoms with Gasteiger partial charge in [-0.3, -0.25) is 4.79 Å². The highest BCUT2D eigenvalue weighted by molar-refractivity contribution is 5.79. The molecule has 0 unspecified atom stereocenters. The summed E-state index contributed by atoms with van der Waals surface area (Å²) in [6, 6.07) is 26.7. The van der Waals surface area contributed by atoms with E-state index in [1.54, 1.807) is 28.4 Å². The van der Waals surface area contributed by atoms with E-state index in [2.05, 4.69) is 6.58 Å². The lowest BCUT2D eigenvalue weighted by Crippen LogP contribution is -2.08. The zero-order valence-electron chi connectivity index (χ0n) is 24.5. The first kappa shape index (κ1) is 30.1. The lowest BCUT2D eigenvalue weighted by molar-refractivity contribution is -0.144. The summed E-state index contributed by atoms with van der Waals surface area (Å²) in [5, 5.41) is 0. The highest BCUT2D eigenvalue weighted by Gasteiger charge is 2.16. The fourth-order valence-corrected chi connectivity index (χ4v) is 4.44. The molecule has 4 aromatic carbocycles. The minimum Gasteiger partial charge on any atom is -0.497 e. The van der Waals surface area contributed by atoms with Gasteiger partial charge in [0.1, 0.15) is 36.2 Å². The van der Waals surface area contributed by atoms with Crippen molar-refractivity contribution < 1.29 is 33.2 Å². The minimum absolute atomic E-state index is 0.116. The molecule has 0 bridgehead atoms. The summed E-state index contributed by atoms with van der Waals surface area (Å²) >= 11 is 0. The number of rotatable bonds is 14. The summed E-state index contributed by atoms with van der Waals surface area (Å²) in [5.74, 6) is 3.21. The number of hydrogen-bond acceptors (Lipinski definition) is 7. The van der Waals surface area contributed by atoms with Crippen molar-refractivity contribution in [1.29, 1.82) is 0 Å². The van der Waals surface area contributed by atoms with Crippen LogP contribution < -0.4 is 18.9 Å². The fraction of sp³-hybridized carbons (Fsp3) is 0.229. The molecular formula is C35H36O7. The normalized spacial score (nSPS) is 10.5. The highest BCUT2D eigenvalue weighted by atomic mass is 16.5. The number of allylic oxidation sites excluding steroid dienone is 1. The van der Waals surface area contributed by atoms with Crippen LogP contribution >= 0.6 is 0 Å². The molecule has 0 heterocycles. The number of hydrogen-bond donors (Lipinski definition) is 0. The van der Waals surface area contributed by atoms with E-state index in [9.17, 15) is 4.79 Å². The van der Waals surface area contributed by atoms with E-state index < -0.39 is 0 Å². The van der Waals surface area contributed by atoms with Crippen LogP contribution in [0.1, 0.15) is 22.3 Å². The van der Waals surface area contributed by atoms with Crippen LogP contribution in [0.15, 0.2) is 97.3 Å². The number of benzene rings is 4. The Balaban J connectivity index is 1.46. The third-order valence-electron chi connectivity index (χ3n) is 6.73.